The van der Waals surface area contributed by atoms with E-state index in [0.29, 0.717) is 6.61 Å². The Bertz CT molecular complexity index is 363. The number of hydrogen-bond donors (Lipinski definition) is 0. The van der Waals surface area contributed by atoms with Crippen LogP contribution < -0.4 is 0 Å². The molecule has 1 rings (SSSR count). The van der Waals surface area contributed by atoms with Crippen molar-refractivity contribution in [2.45, 2.75) is 39.7 Å². The maximum absolute atomic E-state index is 5.75. The van der Waals surface area contributed by atoms with Gasteiger partial charge in [-0.25, -0.2) is 9.78 Å². The predicted octanol–water partition coefficient (Wildman–Crippen LogP) is 4.06. The fourth-order valence-corrected chi connectivity index (χ4v) is 2.01. The van der Waals surface area contributed by atoms with E-state index in [-0.39, 0.29) is 11.5 Å². The highest BCUT2D eigenvalue weighted by atomic mass is 17.2. The molecule has 0 bridgehead atoms. The van der Waals surface area contributed by atoms with Crippen LogP contribution in [0.3, 0.4) is 0 Å². The number of benzene rings is 1. The van der Waals surface area contributed by atoms with Crippen LogP contribution in [0.25, 0.3) is 0 Å². The monoisotopic (exact) mass is 279 g/mol. The summed E-state index contributed by atoms with van der Waals surface area (Å²) >= 11 is 0. The van der Waals surface area contributed by atoms with Gasteiger partial charge in [-0.3, -0.25) is 0 Å². The smallest absolute Gasteiger partial charge is 0.123 e. The van der Waals surface area contributed by atoms with Crippen molar-refractivity contribution in [1.82, 2.24) is 4.90 Å². The van der Waals surface area contributed by atoms with E-state index in [1.165, 1.54) is 5.56 Å². The van der Waals surface area contributed by atoms with Crippen molar-refractivity contribution < 1.29 is 9.78 Å². The van der Waals surface area contributed by atoms with Gasteiger partial charge in [-0.05, 0) is 44.5 Å². The molecule has 0 aromatic heterocycles. The molecule has 3 nitrogen and oxygen atoms in total. The predicted molar refractivity (Wildman–Crippen MR) is 83.5 cm³/mol. The van der Waals surface area contributed by atoms with E-state index in [2.05, 4.69) is 51.9 Å². The van der Waals surface area contributed by atoms with Crippen molar-refractivity contribution in [3.63, 3.8) is 0 Å². The highest BCUT2D eigenvalue weighted by Crippen LogP contribution is 2.39. The molecule has 0 aliphatic rings. The maximum Gasteiger partial charge on any atom is 0.123 e. The summed E-state index contributed by atoms with van der Waals surface area (Å²) in [4.78, 5) is 13.4. The van der Waals surface area contributed by atoms with Gasteiger partial charge in [0.05, 0.1) is 6.61 Å². The first-order chi connectivity index (χ1) is 9.47. The Balaban J connectivity index is 2.57. The third kappa shape index (κ3) is 5.61. The van der Waals surface area contributed by atoms with Crippen molar-refractivity contribution >= 4 is 0 Å². The Labute approximate surface area is 123 Å². The maximum atomic E-state index is 5.75. The van der Waals surface area contributed by atoms with Gasteiger partial charge >= 0.3 is 0 Å². The van der Waals surface area contributed by atoms with Gasteiger partial charge in [0.2, 0.25) is 0 Å². The standard InChI is InChI=1S/C17H29NO2/c1-6-17(2,3)16(15-11-8-7-9-12-15)20-19-14-10-13-18(4)5/h7-9,11-12,16H,6,10,13-14H2,1-5H3. The average Bonchev–Trinajstić information content (AvgIpc) is 2.43. The molecule has 0 spiro atoms. The molecular formula is C17H29NO2. The first-order valence-corrected chi connectivity index (χ1v) is 7.45. The summed E-state index contributed by atoms with van der Waals surface area (Å²) in [7, 11) is 4.13. The van der Waals surface area contributed by atoms with E-state index >= 15 is 0 Å². The van der Waals surface area contributed by atoms with Crippen LogP contribution in [0.5, 0.6) is 0 Å². The second-order valence-electron chi connectivity index (χ2n) is 6.21. The van der Waals surface area contributed by atoms with E-state index in [1.807, 2.05) is 18.2 Å². The SMILES string of the molecule is CCC(C)(C)C(OOCCCN(C)C)c1ccccc1. The summed E-state index contributed by atoms with van der Waals surface area (Å²) in [5.41, 5.74) is 1.22. The van der Waals surface area contributed by atoms with E-state index in [4.69, 9.17) is 9.78 Å². The van der Waals surface area contributed by atoms with Gasteiger partial charge in [-0.15, -0.1) is 0 Å². The van der Waals surface area contributed by atoms with Gasteiger partial charge in [0.15, 0.2) is 0 Å². The topological polar surface area (TPSA) is 21.7 Å². The molecule has 20 heavy (non-hydrogen) atoms. The molecule has 114 valence electrons. The zero-order valence-corrected chi connectivity index (χ0v) is 13.6. The summed E-state index contributed by atoms with van der Waals surface area (Å²) in [6.45, 7) is 8.25. The lowest BCUT2D eigenvalue weighted by Gasteiger charge is -2.32. The van der Waals surface area contributed by atoms with Gasteiger partial charge < -0.3 is 4.90 Å². The van der Waals surface area contributed by atoms with Crippen molar-refractivity contribution in [3.8, 4) is 0 Å². The van der Waals surface area contributed by atoms with Crippen molar-refractivity contribution in [3.05, 3.63) is 35.9 Å². The molecule has 1 unspecified atom stereocenters. The molecule has 1 aromatic rings. The zero-order valence-electron chi connectivity index (χ0n) is 13.6. The second kappa shape index (κ2) is 8.40. The molecule has 0 heterocycles. The van der Waals surface area contributed by atoms with Gasteiger partial charge in [0, 0.05) is 0 Å². The number of hydrogen-bond acceptors (Lipinski definition) is 3. The zero-order chi connectivity index (χ0) is 15.0. The lowest BCUT2D eigenvalue weighted by molar-refractivity contribution is -0.346. The quantitative estimate of drug-likeness (QED) is 0.386. The molecule has 0 aliphatic heterocycles. The summed E-state index contributed by atoms with van der Waals surface area (Å²) in [6.07, 6.45) is 1.97. The van der Waals surface area contributed by atoms with Crippen molar-refractivity contribution in [2.24, 2.45) is 5.41 Å². The Morgan fingerprint density at radius 3 is 2.35 bits per heavy atom. The Hall–Kier alpha value is -0.900. The van der Waals surface area contributed by atoms with Crippen molar-refractivity contribution in [1.29, 1.82) is 0 Å². The lowest BCUT2D eigenvalue weighted by atomic mass is 9.80. The first kappa shape index (κ1) is 17.2. The van der Waals surface area contributed by atoms with Crippen LogP contribution >= 0.6 is 0 Å². The van der Waals surface area contributed by atoms with E-state index in [1.54, 1.807) is 0 Å². The minimum atomic E-state index is -0.0342. The largest absolute Gasteiger partial charge is 0.309 e. The highest BCUT2D eigenvalue weighted by molar-refractivity contribution is 5.19. The van der Waals surface area contributed by atoms with Crippen LogP contribution in [-0.4, -0.2) is 32.1 Å². The highest BCUT2D eigenvalue weighted by Gasteiger charge is 2.31. The first-order valence-electron chi connectivity index (χ1n) is 7.45. The Morgan fingerprint density at radius 2 is 1.80 bits per heavy atom. The third-order valence-electron chi connectivity index (χ3n) is 3.72. The minimum Gasteiger partial charge on any atom is -0.309 e. The average molecular weight is 279 g/mol. The van der Waals surface area contributed by atoms with Gasteiger partial charge in [0.1, 0.15) is 6.10 Å². The van der Waals surface area contributed by atoms with Gasteiger partial charge in [0.25, 0.3) is 0 Å². The van der Waals surface area contributed by atoms with Crippen LogP contribution in [0.4, 0.5) is 0 Å². The van der Waals surface area contributed by atoms with E-state index in [0.717, 1.165) is 19.4 Å². The van der Waals surface area contributed by atoms with Crippen LogP contribution in [0.1, 0.15) is 45.3 Å². The summed E-state index contributed by atoms with van der Waals surface area (Å²) in [5.74, 6) is 0. The summed E-state index contributed by atoms with van der Waals surface area (Å²) in [5, 5.41) is 0. The van der Waals surface area contributed by atoms with Gasteiger partial charge in [-0.1, -0.05) is 51.1 Å². The van der Waals surface area contributed by atoms with Crippen LogP contribution in [0.15, 0.2) is 30.3 Å². The molecule has 0 amide bonds. The molecule has 3 heteroatoms. The van der Waals surface area contributed by atoms with Crippen molar-refractivity contribution in [2.75, 3.05) is 27.2 Å². The molecule has 1 atom stereocenters. The molecule has 1 aromatic carbocycles. The third-order valence-corrected chi connectivity index (χ3v) is 3.72. The molecule has 0 aliphatic carbocycles. The fraction of sp³-hybridized carbons (Fsp3) is 0.647. The summed E-state index contributed by atoms with van der Waals surface area (Å²) in [6, 6.07) is 10.3. The fourth-order valence-electron chi connectivity index (χ4n) is 2.01. The molecule has 0 saturated heterocycles. The van der Waals surface area contributed by atoms with Gasteiger partial charge in [-0.2, -0.15) is 0 Å². The Morgan fingerprint density at radius 1 is 1.15 bits per heavy atom. The summed E-state index contributed by atoms with van der Waals surface area (Å²) < 4.78 is 0. The second-order valence-corrected chi connectivity index (χ2v) is 6.21. The Kier molecular flexibility index (Phi) is 7.20. The molecule has 0 radical (unpaired) electrons. The molecule has 0 N–H and O–H groups in total. The van der Waals surface area contributed by atoms with Crippen LogP contribution in [-0.2, 0) is 9.78 Å². The van der Waals surface area contributed by atoms with E-state index in [9.17, 15) is 0 Å². The van der Waals surface area contributed by atoms with Crippen LogP contribution in [0.2, 0.25) is 0 Å². The van der Waals surface area contributed by atoms with E-state index < -0.39 is 0 Å². The number of nitrogens with zero attached hydrogens (tertiary/aromatic N) is 1. The number of rotatable bonds is 9. The normalized spacial score (nSPS) is 13.7. The van der Waals surface area contributed by atoms with Crippen LogP contribution in [0, 0.1) is 5.41 Å². The molecule has 0 saturated carbocycles. The molecule has 0 fully saturated rings. The minimum absolute atomic E-state index is 0.0342. The lowest BCUT2D eigenvalue weighted by Crippen LogP contribution is -2.24. The molecular weight excluding hydrogens is 250 g/mol.